The van der Waals surface area contributed by atoms with Crippen LogP contribution >= 0.6 is 12.4 Å². The Labute approximate surface area is 101 Å². The highest BCUT2D eigenvalue weighted by molar-refractivity contribution is 5.85. The maximum atomic E-state index is 11.4. The molecule has 1 rings (SSSR count). The number of likely N-dealkylation sites (N-methyl/N-ethyl adjacent to an activating group) is 1. The minimum absolute atomic E-state index is 0. The molecule has 92 valence electrons. The molecule has 0 fully saturated rings. The number of aromatic nitrogens is 3. The largest absolute Gasteiger partial charge is 0.354 e. The van der Waals surface area contributed by atoms with Crippen molar-refractivity contribution in [2.24, 2.45) is 0 Å². The summed E-state index contributed by atoms with van der Waals surface area (Å²) in [7, 11) is 1.87. The zero-order valence-electron chi connectivity index (χ0n) is 9.51. The number of amides is 1. The van der Waals surface area contributed by atoms with Crippen LogP contribution in [0.25, 0.3) is 0 Å². The third kappa shape index (κ3) is 5.67. The Bertz CT molecular complexity index is 290. The summed E-state index contributed by atoms with van der Waals surface area (Å²) in [4.78, 5) is 11.4. The number of halogens is 1. The lowest BCUT2D eigenvalue weighted by Gasteiger charge is -2.11. The van der Waals surface area contributed by atoms with E-state index in [0.29, 0.717) is 25.6 Å². The van der Waals surface area contributed by atoms with Gasteiger partial charge in [-0.1, -0.05) is 5.21 Å². The molecule has 1 heterocycles. The Morgan fingerprint density at radius 1 is 1.56 bits per heavy atom. The molecule has 2 N–H and O–H groups in total. The van der Waals surface area contributed by atoms with Crippen LogP contribution < -0.4 is 10.6 Å². The van der Waals surface area contributed by atoms with Gasteiger partial charge in [0.05, 0.1) is 12.7 Å². The van der Waals surface area contributed by atoms with Gasteiger partial charge in [0, 0.05) is 25.2 Å². The summed E-state index contributed by atoms with van der Waals surface area (Å²) in [6.45, 7) is 3.23. The molecule has 0 aromatic carbocycles. The molecule has 1 aromatic rings. The first-order valence-electron chi connectivity index (χ1n) is 5.00. The van der Waals surface area contributed by atoms with Crippen molar-refractivity contribution in [3.8, 4) is 0 Å². The van der Waals surface area contributed by atoms with Gasteiger partial charge in [0.1, 0.15) is 0 Å². The maximum absolute atomic E-state index is 11.4. The summed E-state index contributed by atoms with van der Waals surface area (Å²) < 4.78 is 1.64. The second-order valence-electron chi connectivity index (χ2n) is 3.41. The van der Waals surface area contributed by atoms with Gasteiger partial charge in [-0.05, 0) is 14.0 Å². The van der Waals surface area contributed by atoms with Crippen LogP contribution in [-0.4, -0.2) is 40.5 Å². The van der Waals surface area contributed by atoms with Crippen LogP contribution in [0.4, 0.5) is 0 Å². The van der Waals surface area contributed by atoms with Gasteiger partial charge in [-0.2, -0.15) is 0 Å². The Morgan fingerprint density at radius 3 is 2.88 bits per heavy atom. The Morgan fingerprint density at radius 2 is 2.31 bits per heavy atom. The zero-order chi connectivity index (χ0) is 11.1. The average Bonchev–Trinajstić information content (AvgIpc) is 2.75. The quantitative estimate of drug-likeness (QED) is 0.731. The summed E-state index contributed by atoms with van der Waals surface area (Å²) in [5.74, 6) is 0.0348. The monoisotopic (exact) mass is 247 g/mol. The molecule has 0 spiro atoms. The van der Waals surface area contributed by atoms with Crippen LogP contribution in [0.1, 0.15) is 13.3 Å². The molecule has 0 aliphatic heterocycles. The van der Waals surface area contributed by atoms with Crippen LogP contribution in [0.2, 0.25) is 0 Å². The van der Waals surface area contributed by atoms with Gasteiger partial charge in [-0.25, -0.2) is 0 Å². The number of aryl methyl sites for hydroxylation is 1. The number of nitrogens with one attached hydrogen (secondary N) is 2. The molecule has 1 unspecified atom stereocenters. The lowest BCUT2D eigenvalue weighted by atomic mass is 10.3. The number of carbonyl (C=O) groups is 1. The van der Waals surface area contributed by atoms with Crippen LogP contribution in [-0.2, 0) is 11.3 Å². The van der Waals surface area contributed by atoms with Crippen LogP contribution in [0.3, 0.4) is 0 Å². The first-order chi connectivity index (χ1) is 7.22. The van der Waals surface area contributed by atoms with Crippen molar-refractivity contribution in [3.05, 3.63) is 12.4 Å². The van der Waals surface area contributed by atoms with Crippen molar-refractivity contribution in [1.29, 1.82) is 0 Å². The van der Waals surface area contributed by atoms with Gasteiger partial charge >= 0.3 is 0 Å². The standard InChI is InChI=1S/C9H17N5O.ClH/c1-8(10-2)7-11-9(15)3-5-14-6-4-12-13-14;/h4,6,8,10H,3,5,7H2,1-2H3,(H,11,15);1H. The average molecular weight is 248 g/mol. The van der Waals surface area contributed by atoms with E-state index >= 15 is 0 Å². The Balaban J connectivity index is 0.00000225. The third-order valence-electron chi connectivity index (χ3n) is 2.14. The fourth-order valence-corrected chi connectivity index (χ4v) is 1.03. The van der Waals surface area contributed by atoms with Crippen molar-refractivity contribution in [2.45, 2.75) is 25.9 Å². The van der Waals surface area contributed by atoms with E-state index in [1.807, 2.05) is 14.0 Å². The first kappa shape index (κ1) is 14.9. The molecule has 1 atom stereocenters. The molecule has 0 radical (unpaired) electrons. The second-order valence-corrected chi connectivity index (χ2v) is 3.41. The van der Waals surface area contributed by atoms with E-state index in [0.717, 1.165) is 0 Å². The van der Waals surface area contributed by atoms with Gasteiger partial charge in [-0.15, -0.1) is 17.5 Å². The summed E-state index contributed by atoms with van der Waals surface area (Å²) in [6, 6.07) is 0.292. The molecule has 0 bridgehead atoms. The fourth-order valence-electron chi connectivity index (χ4n) is 1.03. The van der Waals surface area contributed by atoms with Crippen LogP contribution in [0.5, 0.6) is 0 Å². The summed E-state index contributed by atoms with van der Waals surface area (Å²) in [5.41, 5.74) is 0. The minimum Gasteiger partial charge on any atom is -0.354 e. The van der Waals surface area contributed by atoms with Crippen molar-refractivity contribution < 1.29 is 4.79 Å². The number of nitrogens with zero attached hydrogens (tertiary/aromatic N) is 3. The minimum atomic E-state index is 0. The zero-order valence-corrected chi connectivity index (χ0v) is 10.3. The number of carbonyl (C=O) groups excluding carboxylic acids is 1. The van der Waals surface area contributed by atoms with Crippen molar-refractivity contribution >= 4 is 18.3 Å². The summed E-state index contributed by atoms with van der Waals surface area (Å²) >= 11 is 0. The molecular weight excluding hydrogens is 230 g/mol. The van der Waals surface area contributed by atoms with Crippen LogP contribution in [0, 0.1) is 0 Å². The molecule has 0 saturated carbocycles. The molecule has 0 aliphatic rings. The topological polar surface area (TPSA) is 71.8 Å². The number of hydrogen-bond donors (Lipinski definition) is 2. The maximum Gasteiger partial charge on any atom is 0.221 e. The van der Waals surface area contributed by atoms with Gasteiger partial charge in [0.2, 0.25) is 5.91 Å². The predicted molar refractivity (Wildman–Crippen MR) is 63.4 cm³/mol. The Hall–Kier alpha value is -1.14. The van der Waals surface area contributed by atoms with Gasteiger partial charge in [-0.3, -0.25) is 9.48 Å². The molecule has 16 heavy (non-hydrogen) atoms. The van der Waals surface area contributed by atoms with Gasteiger partial charge in [0.25, 0.3) is 0 Å². The van der Waals surface area contributed by atoms with Crippen molar-refractivity contribution in [3.63, 3.8) is 0 Å². The predicted octanol–water partition coefficient (Wildman–Crippen LogP) is -0.186. The molecule has 0 aliphatic carbocycles. The van der Waals surface area contributed by atoms with Crippen molar-refractivity contribution in [1.82, 2.24) is 25.6 Å². The Kier molecular flexibility index (Phi) is 7.49. The molecule has 0 saturated heterocycles. The molecule has 1 aromatic heterocycles. The normalized spacial score (nSPS) is 11.6. The van der Waals surface area contributed by atoms with Gasteiger partial charge in [0.15, 0.2) is 0 Å². The number of rotatable bonds is 6. The molecule has 7 heteroatoms. The van der Waals surface area contributed by atoms with Gasteiger partial charge < -0.3 is 10.6 Å². The third-order valence-corrected chi connectivity index (χ3v) is 2.14. The smallest absolute Gasteiger partial charge is 0.221 e. The molecule has 6 nitrogen and oxygen atoms in total. The summed E-state index contributed by atoms with van der Waals surface area (Å²) in [6.07, 6.45) is 3.77. The fraction of sp³-hybridized carbons (Fsp3) is 0.667. The van der Waals surface area contributed by atoms with Crippen molar-refractivity contribution in [2.75, 3.05) is 13.6 Å². The van der Waals surface area contributed by atoms with E-state index in [1.54, 1.807) is 17.1 Å². The van der Waals surface area contributed by atoms with E-state index in [-0.39, 0.29) is 18.3 Å². The van der Waals surface area contributed by atoms with E-state index < -0.39 is 0 Å². The lowest BCUT2D eigenvalue weighted by molar-refractivity contribution is -0.121. The van der Waals surface area contributed by atoms with E-state index in [9.17, 15) is 4.79 Å². The molecule has 1 amide bonds. The number of hydrogen-bond acceptors (Lipinski definition) is 4. The lowest BCUT2D eigenvalue weighted by Crippen LogP contribution is -2.37. The molecular formula is C9H18ClN5O. The highest BCUT2D eigenvalue weighted by Crippen LogP contribution is 1.87. The first-order valence-corrected chi connectivity index (χ1v) is 5.00. The second kappa shape index (κ2) is 8.06. The highest BCUT2D eigenvalue weighted by Gasteiger charge is 2.03. The van der Waals surface area contributed by atoms with Crippen LogP contribution in [0.15, 0.2) is 12.4 Å². The summed E-state index contributed by atoms with van der Waals surface area (Å²) in [5, 5.41) is 13.3. The van der Waals surface area contributed by atoms with E-state index in [2.05, 4.69) is 20.9 Å². The van der Waals surface area contributed by atoms with E-state index in [1.165, 1.54) is 0 Å². The highest BCUT2D eigenvalue weighted by atomic mass is 35.5. The SMILES string of the molecule is CNC(C)CNC(=O)CCn1ccnn1.Cl. The van der Waals surface area contributed by atoms with E-state index in [4.69, 9.17) is 0 Å².